The van der Waals surface area contributed by atoms with Gasteiger partial charge in [0.05, 0.1) is 11.4 Å². The van der Waals surface area contributed by atoms with Crippen molar-refractivity contribution in [1.82, 2.24) is 14.7 Å². The van der Waals surface area contributed by atoms with Crippen LogP contribution in [0.2, 0.25) is 0 Å². The number of aliphatic hydroxyl groups excluding tert-OH is 1. The lowest BCUT2D eigenvalue weighted by atomic mass is 9.91. The van der Waals surface area contributed by atoms with Crippen molar-refractivity contribution >= 4 is 0 Å². The van der Waals surface area contributed by atoms with E-state index in [9.17, 15) is 0 Å². The van der Waals surface area contributed by atoms with E-state index in [4.69, 9.17) is 5.11 Å². The zero-order valence-corrected chi connectivity index (χ0v) is 10.9. The fourth-order valence-corrected chi connectivity index (χ4v) is 2.44. The van der Waals surface area contributed by atoms with Crippen molar-refractivity contribution in [2.45, 2.75) is 45.2 Å². The fraction of sp³-hybridized carbons (Fsp3) is 0.769. The average molecular weight is 237 g/mol. The zero-order valence-electron chi connectivity index (χ0n) is 10.9. The van der Waals surface area contributed by atoms with Crippen LogP contribution in [0.25, 0.3) is 0 Å². The van der Waals surface area contributed by atoms with E-state index < -0.39 is 0 Å². The molecule has 1 heterocycles. The highest BCUT2D eigenvalue weighted by Crippen LogP contribution is 2.26. The van der Waals surface area contributed by atoms with Crippen LogP contribution in [0.4, 0.5) is 0 Å². The lowest BCUT2D eigenvalue weighted by molar-refractivity contribution is 0.107. The molecule has 1 aliphatic carbocycles. The van der Waals surface area contributed by atoms with E-state index in [0.717, 1.165) is 31.2 Å². The van der Waals surface area contributed by atoms with Crippen LogP contribution in [0.1, 0.15) is 37.1 Å². The molecular weight excluding hydrogens is 214 g/mol. The molecule has 1 aromatic rings. The van der Waals surface area contributed by atoms with Crippen molar-refractivity contribution in [1.29, 1.82) is 0 Å². The molecule has 0 radical (unpaired) electrons. The van der Waals surface area contributed by atoms with Crippen molar-refractivity contribution in [3.63, 3.8) is 0 Å². The van der Waals surface area contributed by atoms with Gasteiger partial charge in [0.2, 0.25) is 0 Å². The molecule has 96 valence electrons. The number of nitrogens with zero attached hydrogens (tertiary/aromatic N) is 3. The van der Waals surface area contributed by atoms with Crippen LogP contribution in [0.5, 0.6) is 0 Å². The Balaban J connectivity index is 1.98. The topological polar surface area (TPSA) is 41.3 Å². The van der Waals surface area contributed by atoms with Crippen LogP contribution in [-0.2, 0) is 13.6 Å². The van der Waals surface area contributed by atoms with E-state index >= 15 is 0 Å². The Bertz CT molecular complexity index is 358. The first-order valence-electron chi connectivity index (χ1n) is 6.55. The Morgan fingerprint density at radius 2 is 2.29 bits per heavy atom. The lowest BCUT2D eigenvalue weighted by Crippen LogP contribution is -2.40. The van der Waals surface area contributed by atoms with Crippen LogP contribution < -0.4 is 0 Å². The third-order valence-corrected chi connectivity index (χ3v) is 3.66. The first-order valence-corrected chi connectivity index (χ1v) is 6.55. The predicted molar refractivity (Wildman–Crippen MR) is 67.7 cm³/mol. The van der Waals surface area contributed by atoms with Crippen molar-refractivity contribution in [2.75, 3.05) is 13.2 Å². The summed E-state index contributed by atoms with van der Waals surface area (Å²) in [6.45, 7) is 4.27. The molecule has 0 aromatic carbocycles. The second-order valence-corrected chi connectivity index (χ2v) is 5.03. The number of aliphatic hydroxyl groups is 1. The summed E-state index contributed by atoms with van der Waals surface area (Å²) in [7, 11) is 2.01. The Morgan fingerprint density at radius 1 is 1.53 bits per heavy atom. The second kappa shape index (κ2) is 5.65. The first-order chi connectivity index (χ1) is 8.20. The summed E-state index contributed by atoms with van der Waals surface area (Å²) in [4.78, 5) is 2.50. The van der Waals surface area contributed by atoms with Crippen LogP contribution in [0.15, 0.2) is 6.07 Å². The first kappa shape index (κ1) is 12.6. The highest BCUT2D eigenvalue weighted by Gasteiger charge is 2.25. The minimum absolute atomic E-state index is 0.285. The molecule has 17 heavy (non-hydrogen) atoms. The molecule has 0 unspecified atom stereocenters. The summed E-state index contributed by atoms with van der Waals surface area (Å²) in [6.07, 6.45) is 4.84. The minimum atomic E-state index is 0.285. The molecule has 2 rings (SSSR count). The normalized spacial score (nSPS) is 16.5. The van der Waals surface area contributed by atoms with E-state index in [0.29, 0.717) is 0 Å². The Hall–Kier alpha value is -0.870. The van der Waals surface area contributed by atoms with Crippen LogP contribution in [-0.4, -0.2) is 39.0 Å². The highest BCUT2D eigenvalue weighted by atomic mass is 16.3. The summed E-state index contributed by atoms with van der Waals surface area (Å²) in [5.41, 5.74) is 2.35. The van der Waals surface area contributed by atoms with E-state index in [1.165, 1.54) is 25.0 Å². The maximum Gasteiger partial charge on any atom is 0.0597 e. The molecule has 0 atom stereocenters. The molecule has 4 heteroatoms. The summed E-state index contributed by atoms with van der Waals surface area (Å²) >= 11 is 0. The SMILES string of the molecule is Cc1cc(CN(CCCO)C2CCC2)n(C)n1. The third kappa shape index (κ3) is 3.07. The van der Waals surface area contributed by atoms with Gasteiger partial charge in [0.1, 0.15) is 0 Å². The van der Waals surface area contributed by atoms with Gasteiger partial charge in [-0.3, -0.25) is 9.58 Å². The third-order valence-electron chi connectivity index (χ3n) is 3.66. The monoisotopic (exact) mass is 237 g/mol. The van der Waals surface area contributed by atoms with E-state index in [-0.39, 0.29) is 6.61 Å². The van der Waals surface area contributed by atoms with Crippen LogP contribution >= 0.6 is 0 Å². The van der Waals surface area contributed by atoms with Crippen molar-refractivity contribution < 1.29 is 5.11 Å². The smallest absolute Gasteiger partial charge is 0.0597 e. The predicted octanol–water partition coefficient (Wildman–Crippen LogP) is 1.47. The van der Waals surface area contributed by atoms with E-state index in [1.807, 2.05) is 18.7 Å². The summed E-state index contributed by atoms with van der Waals surface area (Å²) in [5, 5.41) is 13.4. The number of rotatable bonds is 6. The van der Waals surface area contributed by atoms with E-state index in [1.54, 1.807) is 0 Å². The summed E-state index contributed by atoms with van der Waals surface area (Å²) in [5.74, 6) is 0. The number of aromatic nitrogens is 2. The van der Waals surface area contributed by atoms with Gasteiger partial charge in [-0.1, -0.05) is 6.42 Å². The molecule has 1 aromatic heterocycles. The van der Waals surface area contributed by atoms with Gasteiger partial charge < -0.3 is 5.11 Å². The molecule has 1 fully saturated rings. The van der Waals surface area contributed by atoms with Gasteiger partial charge in [-0.05, 0) is 32.3 Å². The second-order valence-electron chi connectivity index (χ2n) is 5.03. The molecule has 0 saturated heterocycles. The van der Waals surface area contributed by atoms with Crippen molar-refractivity contribution in [3.05, 3.63) is 17.5 Å². The van der Waals surface area contributed by atoms with Crippen LogP contribution in [0, 0.1) is 6.92 Å². The highest BCUT2D eigenvalue weighted by molar-refractivity contribution is 5.08. The number of hydrogen-bond donors (Lipinski definition) is 1. The molecule has 1 N–H and O–H groups in total. The summed E-state index contributed by atoms with van der Waals surface area (Å²) in [6, 6.07) is 2.88. The summed E-state index contributed by atoms with van der Waals surface area (Å²) < 4.78 is 1.97. The standard InChI is InChI=1S/C13H23N3O/c1-11-9-13(15(2)14-11)10-16(7-4-8-17)12-5-3-6-12/h9,12,17H,3-8,10H2,1-2H3. The lowest BCUT2D eigenvalue weighted by Gasteiger charge is -2.37. The van der Waals surface area contributed by atoms with Gasteiger partial charge in [-0.25, -0.2) is 0 Å². The Morgan fingerprint density at radius 3 is 2.76 bits per heavy atom. The van der Waals surface area contributed by atoms with Crippen molar-refractivity contribution in [2.24, 2.45) is 7.05 Å². The molecule has 1 aliphatic rings. The van der Waals surface area contributed by atoms with Gasteiger partial charge in [-0.15, -0.1) is 0 Å². The zero-order chi connectivity index (χ0) is 12.3. The largest absolute Gasteiger partial charge is 0.396 e. The van der Waals surface area contributed by atoms with Gasteiger partial charge >= 0.3 is 0 Å². The van der Waals surface area contributed by atoms with Gasteiger partial charge in [0, 0.05) is 32.8 Å². The maximum absolute atomic E-state index is 8.97. The molecule has 0 spiro atoms. The number of hydrogen-bond acceptors (Lipinski definition) is 3. The molecule has 0 amide bonds. The fourth-order valence-electron chi connectivity index (χ4n) is 2.44. The van der Waals surface area contributed by atoms with Gasteiger partial charge in [0.15, 0.2) is 0 Å². The minimum Gasteiger partial charge on any atom is -0.396 e. The van der Waals surface area contributed by atoms with Gasteiger partial charge in [-0.2, -0.15) is 5.10 Å². The molecule has 1 saturated carbocycles. The molecule has 4 nitrogen and oxygen atoms in total. The maximum atomic E-state index is 8.97. The van der Waals surface area contributed by atoms with E-state index in [2.05, 4.69) is 16.1 Å². The quantitative estimate of drug-likeness (QED) is 0.814. The van der Waals surface area contributed by atoms with Crippen molar-refractivity contribution in [3.8, 4) is 0 Å². The molecule has 0 aliphatic heterocycles. The molecular formula is C13H23N3O. The molecule has 0 bridgehead atoms. The number of aryl methyl sites for hydroxylation is 2. The van der Waals surface area contributed by atoms with Gasteiger partial charge in [0.25, 0.3) is 0 Å². The average Bonchev–Trinajstić information content (AvgIpc) is 2.51. The Kier molecular flexibility index (Phi) is 4.18. The van der Waals surface area contributed by atoms with Crippen LogP contribution in [0.3, 0.4) is 0 Å². The Labute approximate surface area is 103 Å².